The Morgan fingerprint density at radius 2 is 2.12 bits per heavy atom. The number of carbonyl (C=O) groups excluding carboxylic acids is 1. The standard InChI is InChI=1S/C18H22FNO4/c1-2-3-7-15(16(21)22)20-17(23)18(8-10-24-11-9-18)13-5-4-6-14(19)12-13/h2,4-6,12,15H,1,3,7-11H2,(H,20,23)(H,21,22). The van der Waals surface area contributed by atoms with Crippen LogP contribution in [0, 0.1) is 5.82 Å². The minimum atomic E-state index is -1.09. The van der Waals surface area contributed by atoms with Gasteiger partial charge in [0.05, 0.1) is 5.41 Å². The number of carbonyl (C=O) groups is 2. The highest BCUT2D eigenvalue weighted by Gasteiger charge is 2.43. The summed E-state index contributed by atoms with van der Waals surface area (Å²) in [5.41, 5.74) is -0.418. The Morgan fingerprint density at radius 1 is 1.42 bits per heavy atom. The van der Waals surface area contributed by atoms with Crippen LogP contribution in [0.1, 0.15) is 31.2 Å². The lowest BCUT2D eigenvalue weighted by Gasteiger charge is -2.37. The molecule has 1 aliphatic heterocycles. The van der Waals surface area contributed by atoms with E-state index in [0.29, 0.717) is 38.0 Å². The number of nitrogens with one attached hydrogen (secondary N) is 1. The summed E-state index contributed by atoms with van der Waals surface area (Å²) in [6.07, 6.45) is 3.12. The first-order chi connectivity index (χ1) is 11.5. The number of hydrogen-bond acceptors (Lipinski definition) is 3. The number of allylic oxidation sites excluding steroid dienone is 1. The van der Waals surface area contributed by atoms with Gasteiger partial charge in [-0.3, -0.25) is 4.79 Å². The van der Waals surface area contributed by atoms with Crippen LogP contribution in [0.15, 0.2) is 36.9 Å². The molecular formula is C18H22FNO4. The van der Waals surface area contributed by atoms with Crippen molar-refractivity contribution in [3.05, 3.63) is 48.3 Å². The SMILES string of the molecule is C=CCCC(NC(=O)C1(c2cccc(F)c2)CCOCC1)C(=O)O. The van der Waals surface area contributed by atoms with E-state index in [2.05, 4.69) is 11.9 Å². The van der Waals surface area contributed by atoms with Crippen molar-refractivity contribution in [2.75, 3.05) is 13.2 Å². The zero-order valence-electron chi connectivity index (χ0n) is 13.5. The summed E-state index contributed by atoms with van der Waals surface area (Å²) < 4.78 is 19.0. The minimum Gasteiger partial charge on any atom is -0.480 e. The van der Waals surface area contributed by atoms with Gasteiger partial charge in [0.1, 0.15) is 11.9 Å². The number of aliphatic carboxylic acids is 1. The molecule has 1 saturated heterocycles. The summed E-state index contributed by atoms with van der Waals surface area (Å²) >= 11 is 0. The highest BCUT2D eigenvalue weighted by molar-refractivity contribution is 5.91. The van der Waals surface area contributed by atoms with Gasteiger partial charge in [0.15, 0.2) is 0 Å². The average Bonchev–Trinajstić information content (AvgIpc) is 2.58. The summed E-state index contributed by atoms with van der Waals surface area (Å²) in [4.78, 5) is 24.3. The Morgan fingerprint density at radius 3 is 2.71 bits per heavy atom. The number of halogens is 1. The van der Waals surface area contributed by atoms with Crippen molar-refractivity contribution in [3.8, 4) is 0 Å². The summed E-state index contributed by atoms with van der Waals surface area (Å²) in [6, 6.07) is 4.92. The number of amides is 1. The highest BCUT2D eigenvalue weighted by atomic mass is 19.1. The van der Waals surface area contributed by atoms with Crippen LogP contribution in [-0.4, -0.2) is 36.2 Å². The predicted molar refractivity (Wildman–Crippen MR) is 87.1 cm³/mol. The zero-order chi connectivity index (χ0) is 17.6. The number of carboxylic acid groups (broad SMARTS) is 1. The normalized spacial score (nSPS) is 17.7. The Kier molecular flexibility index (Phi) is 6.09. The van der Waals surface area contributed by atoms with Crippen molar-refractivity contribution in [2.24, 2.45) is 0 Å². The van der Waals surface area contributed by atoms with E-state index >= 15 is 0 Å². The van der Waals surface area contributed by atoms with Crippen LogP contribution in [0.5, 0.6) is 0 Å². The molecule has 2 rings (SSSR count). The van der Waals surface area contributed by atoms with Crippen molar-refractivity contribution in [3.63, 3.8) is 0 Å². The molecule has 1 unspecified atom stereocenters. The topological polar surface area (TPSA) is 75.6 Å². The molecule has 0 aliphatic carbocycles. The Hall–Kier alpha value is -2.21. The van der Waals surface area contributed by atoms with Gasteiger partial charge in [0, 0.05) is 13.2 Å². The van der Waals surface area contributed by atoms with Gasteiger partial charge in [-0.2, -0.15) is 0 Å². The molecule has 2 N–H and O–H groups in total. The third kappa shape index (κ3) is 4.00. The van der Waals surface area contributed by atoms with E-state index in [9.17, 15) is 19.1 Å². The summed E-state index contributed by atoms with van der Waals surface area (Å²) in [5, 5.41) is 11.9. The number of ether oxygens (including phenoxy) is 1. The quantitative estimate of drug-likeness (QED) is 0.750. The number of rotatable bonds is 7. The van der Waals surface area contributed by atoms with Crippen molar-refractivity contribution in [1.29, 1.82) is 0 Å². The molecule has 1 aliphatic rings. The first kappa shape index (κ1) is 18.1. The van der Waals surface area contributed by atoms with Crippen molar-refractivity contribution >= 4 is 11.9 Å². The van der Waals surface area contributed by atoms with Crippen LogP contribution in [0.4, 0.5) is 4.39 Å². The second kappa shape index (κ2) is 8.06. The average molecular weight is 335 g/mol. The fourth-order valence-corrected chi connectivity index (χ4v) is 2.99. The van der Waals surface area contributed by atoms with E-state index in [4.69, 9.17) is 4.74 Å². The molecule has 130 valence electrons. The van der Waals surface area contributed by atoms with Gasteiger partial charge in [0.25, 0.3) is 0 Å². The van der Waals surface area contributed by atoms with Crippen LogP contribution < -0.4 is 5.32 Å². The summed E-state index contributed by atoms with van der Waals surface area (Å²) in [7, 11) is 0. The van der Waals surface area contributed by atoms with Crippen LogP contribution >= 0.6 is 0 Å². The van der Waals surface area contributed by atoms with E-state index in [1.165, 1.54) is 12.1 Å². The maximum Gasteiger partial charge on any atom is 0.326 e. The lowest BCUT2D eigenvalue weighted by Crippen LogP contribution is -2.52. The first-order valence-electron chi connectivity index (χ1n) is 7.98. The molecule has 0 aromatic heterocycles. The van der Waals surface area contributed by atoms with Gasteiger partial charge < -0.3 is 15.2 Å². The molecule has 0 bridgehead atoms. The van der Waals surface area contributed by atoms with Crippen LogP contribution in [-0.2, 0) is 19.7 Å². The third-order valence-electron chi connectivity index (χ3n) is 4.42. The molecule has 0 radical (unpaired) electrons. The fourth-order valence-electron chi connectivity index (χ4n) is 2.99. The summed E-state index contributed by atoms with van der Waals surface area (Å²) in [6.45, 7) is 4.31. The van der Waals surface area contributed by atoms with Crippen molar-refractivity contribution in [2.45, 2.75) is 37.1 Å². The Balaban J connectivity index is 2.28. The molecule has 1 fully saturated rings. The minimum absolute atomic E-state index is 0.264. The van der Waals surface area contributed by atoms with E-state index in [1.807, 2.05) is 0 Å². The van der Waals surface area contributed by atoms with E-state index in [1.54, 1.807) is 18.2 Å². The van der Waals surface area contributed by atoms with Gasteiger partial charge in [-0.25, -0.2) is 9.18 Å². The van der Waals surface area contributed by atoms with E-state index in [-0.39, 0.29) is 6.42 Å². The summed E-state index contributed by atoms with van der Waals surface area (Å²) in [5.74, 6) is -1.91. The van der Waals surface area contributed by atoms with Gasteiger partial charge in [-0.05, 0) is 43.4 Å². The molecule has 6 heteroatoms. The molecule has 0 spiro atoms. The highest BCUT2D eigenvalue weighted by Crippen LogP contribution is 2.35. The van der Waals surface area contributed by atoms with Crippen molar-refractivity contribution < 1.29 is 23.8 Å². The Bertz CT molecular complexity index is 611. The van der Waals surface area contributed by atoms with Crippen LogP contribution in [0.3, 0.4) is 0 Å². The first-order valence-corrected chi connectivity index (χ1v) is 7.98. The largest absolute Gasteiger partial charge is 0.480 e. The lowest BCUT2D eigenvalue weighted by molar-refractivity contribution is -0.143. The maximum absolute atomic E-state index is 13.6. The molecule has 5 nitrogen and oxygen atoms in total. The molecule has 0 saturated carbocycles. The molecular weight excluding hydrogens is 313 g/mol. The molecule has 1 atom stereocenters. The van der Waals surface area contributed by atoms with E-state index < -0.39 is 29.2 Å². The van der Waals surface area contributed by atoms with Gasteiger partial charge in [0.2, 0.25) is 5.91 Å². The van der Waals surface area contributed by atoms with Crippen LogP contribution in [0.2, 0.25) is 0 Å². The monoisotopic (exact) mass is 335 g/mol. The second-order valence-electron chi connectivity index (χ2n) is 5.94. The smallest absolute Gasteiger partial charge is 0.326 e. The molecule has 1 aromatic rings. The second-order valence-corrected chi connectivity index (χ2v) is 5.94. The van der Waals surface area contributed by atoms with Crippen LogP contribution in [0.25, 0.3) is 0 Å². The lowest BCUT2D eigenvalue weighted by atomic mass is 9.73. The Labute approximate surface area is 140 Å². The number of carboxylic acids is 1. The van der Waals surface area contributed by atoms with Crippen molar-refractivity contribution in [1.82, 2.24) is 5.32 Å². The number of hydrogen-bond donors (Lipinski definition) is 2. The van der Waals surface area contributed by atoms with Gasteiger partial charge >= 0.3 is 5.97 Å². The number of benzene rings is 1. The molecule has 24 heavy (non-hydrogen) atoms. The predicted octanol–water partition coefficient (Wildman–Crippen LogP) is 2.41. The molecule has 1 aromatic carbocycles. The van der Waals surface area contributed by atoms with E-state index in [0.717, 1.165) is 0 Å². The maximum atomic E-state index is 13.6. The van der Waals surface area contributed by atoms with Gasteiger partial charge in [-0.15, -0.1) is 6.58 Å². The molecule has 1 heterocycles. The fraction of sp³-hybridized carbons (Fsp3) is 0.444. The third-order valence-corrected chi connectivity index (χ3v) is 4.42. The molecule has 1 amide bonds. The van der Waals surface area contributed by atoms with Gasteiger partial charge in [-0.1, -0.05) is 18.2 Å². The zero-order valence-corrected chi connectivity index (χ0v) is 13.5.